The third-order valence-corrected chi connectivity index (χ3v) is 4.41. The number of hydrogen-bond acceptors (Lipinski definition) is 3. The van der Waals surface area contributed by atoms with Gasteiger partial charge in [0.05, 0.1) is 10.5 Å². The quantitative estimate of drug-likeness (QED) is 0.820. The van der Waals surface area contributed by atoms with Crippen LogP contribution in [0, 0.1) is 17.1 Å². The highest BCUT2D eigenvalue weighted by atomic mass is 79.9. The molecule has 1 fully saturated rings. The first kappa shape index (κ1) is 15.9. The highest BCUT2D eigenvalue weighted by Crippen LogP contribution is 2.20. The molecule has 1 amide bonds. The van der Waals surface area contributed by atoms with E-state index in [1.54, 1.807) is 4.90 Å². The Morgan fingerprint density at radius 1 is 1.33 bits per heavy atom. The number of nitrogens with zero attached hydrogens (tertiary/aromatic N) is 3. The predicted molar refractivity (Wildman–Crippen MR) is 81.3 cm³/mol. The van der Waals surface area contributed by atoms with Gasteiger partial charge in [-0.25, -0.2) is 4.39 Å². The van der Waals surface area contributed by atoms with E-state index in [1.807, 2.05) is 13.8 Å². The van der Waals surface area contributed by atoms with Crippen molar-refractivity contribution < 1.29 is 9.18 Å². The fourth-order valence-electron chi connectivity index (χ4n) is 2.35. The van der Waals surface area contributed by atoms with Crippen molar-refractivity contribution in [1.29, 1.82) is 5.26 Å². The van der Waals surface area contributed by atoms with Gasteiger partial charge in [-0.2, -0.15) is 5.26 Å². The van der Waals surface area contributed by atoms with Crippen LogP contribution in [0.2, 0.25) is 0 Å². The van der Waals surface area contributed by atoms with Crippen LogP contribution in [0.15, 0.2) is 22.7 Å². The smallest absolute Gasteiger partial charge is 0.253 e. The molecule has 0 saturated carbocycles. The molecule has 6 heteroatoms. The lowest BCUT2D eigenvalue weighted by Gasteiger charge is -2.40. The van der Waals surface area contributed by atoms with E-state index in [1.165, 1.54) is 18.2 Å². The van der Waals surface area contributed by atoms with Crippen LogP contribution in [-0.2, 0) is 0 Å². The van der Waals surface area contributed by atoms with E-state index in [0.29, 0.717) is 31.7 Å². The Morgan fingerprint density at radius 3 is 2.48 bits per heavy atom. The molecule has 0 atom stereocenters. The van der Waals surface area contributed by atoms with Gasteiger partial charge in [-0.15, -0.1) is 0 Å². The number of halogens is 2. The van der Waals surface area contributed by atoms with Crippen LogP contribution in [0.1, 0.15) is 24.2 Å². The summed E-state index contributed by atoms with van der Waals surface area (Å²) in [6.07, 6.45) is 0. The molecule has 0 radical (unpaired) electrons. The van der Waals surface area contributed by atoms with Crippen LogP contribution in [0.4, 0.5) is 4.39 Å². The molecule has 0 aromatic heterocycles. The maximum Gasteiger partial charge on any atom is 0.253 e. The van der Waals surface area contributed by atoms with Crippen molar-refractivity contribution in [3.8, 4) is 6.07 Å². The van der Waals surface area contributed by atoms with Gasteiger partial charge in [0, 0.05) is 31.7 Å². The van der Waals surface area contributed by atoms with Crippen molar-refractivity contribution >= 4 is 21.8 Å². The minimum absolute atomic E-state index is 0.106. The molecule has 1 heterocycles. The number of carbonyl (C=O) groups excluding carboxylic acids is 1. The molecule has 0 spiro atoms. The zero-order valence-corrected chi connectivity index (χ0v) is 13.7. The van der Waals surface area contributed by atoms with E-state index in [-0.39, 0.29) is 16.2 Å². The van der Waals surface area contributed by atoms with E-state index in [9.17, 15) is 9.18 Å². The molecule has 21 heavy (non-hydrogen) atoms. The van der Waals surface area contributed by atoms with Gasteiger partial charge in [-0.05, 0) is 48.0 Å². The number of hydrogen-bond donors (Lipinski definition) is 0. The zero-order chi connectivity index (χ0) is 15.6. The van der Waals surface area contributed by atoms with Crippen LogP contribution < -0.4 is 0 Å². The SMILES string of the molecule is CC(C)(C#N)N1CCN(C(=O)c2ccc(F)c(Br)c2)CC1. The second-order valence-corrected chi connectivity index (χ2v) is 6.43. The summed E-state index contributed by atoms with van der Waals surface area (Å²) >= 11 is 3.09. The van der Waals surface area contributed by atoms with E-state index in [4.69, 9.17) is 5.26 Å². The lowest BCUT2D eigenvalue weighted by atomic mass is 10.0. The molecule has 1 saturated heterocycles. The molecule has 1 aliphatic heterocycles. The third kappa shape index (κ3) is 3.42. The monoisotopic (exact) mass is 353 g/mol. The zero-order valence-electron chi connectivity index (χ0n) is 12.1. The van der Waals surface area contributed by atoms with E-state index in [2.05, 4.69) is 26.9 Å². The first-order valence-corrected chi connectivity index (χ1v) is 7.55. The van der Waals surface area contributed by atoms with Gasteiger partial charge in [-0.3, -0.25) is 9.69 Å². The summed E-state index contributed by atoms with van der Waals surface area (Å²) in [7, 11) is 0. The largest absolute Gasteiger partial charge is 0.336 e. The average Bonchev–Trinajstić information content (AvgIpc) is 2.49. The molecule has 0 aliphatic carbocycles. The van der Waals surface area contributed by atoms with Gasteiger partial charge >= 0.3 is 0 Å². The predicted octanol–water partition coefficient (Wildman–Crippen LogP) is 2.65. The molecule has 1 aromatic rings. The summed E-state index contributed by atoms with van der Waals surface area (Å²) in [6.45, 7) is 6.21. The maximum absolute atomic E-state index is 13.2. The van der Waals surface area contributed by atoms with Gasteiger partial charge in [0.25, 0.3) is 5.91 Å². The fraction of sp³-hybridized carbons (Fsp3) is 0.467. The molecular formula is C15H17BrFN3O. The Bertz CT molecular complexity index is 589. The molecule has 0 N–H and O–H groups in total. The van der Waals surface area contributed by atoms with Crippen molar-refractivity contribution in [2.45, 2.75) is 19.4 Å². The van der Waals surface area contributed by atoms with Gasteiger partial charge < -0.3 is 4.90 Å². The number of amides is 1. The van der Waals surface area contributed by atoms with Crippen LogP contribution in [0.3, 0.4) is 0 Å². The summed E-state index contributed by atoms with van der Waals surface area (Å²) in [6, 6.07) is 6.56. The van der Waals surface area contributed by atoms with Gasteiger partial charge in [0.2, 0.25) is 0 Å². The molecule has 112 valence electrons. The summed E-state index contributed by atoms with van der Waals surface area (Å²) in [5, 5.41) is 9.14. The topological polar surface area (TPSA) is 47.3 Å². The lowest BCUT2D eigenvalue weighted by Crippen LogP contribution is -2.55. The Labute approximate surface area is 132 Å². The third-order valence-electron chi connectivity index (χ3n) is 3.80. The molecule has 0 bridgehead atoms. The molecular weight excluding hydrogens is 337 g/mol. The van der Waals surface area contributed by atoms with Crippen molar-refractivity contribution in [2.75, 3.05) is 26.2 Å². The second-order valence-electron chi connectivity index (χ2n) is 5.58. The first-order valence-electron chi connectivity index (χ1n) is 6.76. The highest BCUT2D eigenvalue weighted by Gasteiger charge is 2.31. The first-order chi connectivity index (χ1) is 9.85. The second kappa shape index (κ2) is 6.12. The van der Waals surface area contributed by atoms with Crippen molar-refractivity contribution in [1.82, 2.24) is 9.80 Å². The summed E-state index contributed by atoms with van der Waals surface area (Å²) in [5.74, 6) is -0.489. The van der Waals surface area contributed by atoms with E-state index in [0.717, 1.165) is 0 Å². The minimum atomic E-state index is -0.520. The van der Waals surface area contributed by atoms with Gasteiger partial charge in [0.15, 0.2) is 0 Å². The van der Waals surface area contributed by atoms with Gasteiger partial charge in [-0.1, -0.05) is 0 Å². The summed E-state index contributed by atoms with van der Waals surface area (Å²) < 4.78 is 13.5. The van der Waals surface area contributed by atoms with Crippen LogP contribution >= 0.6 is 15.9 Å². The Kier molecular flexibility index (Phi) is 4.64. The number of carbonyl (C=O) groups is 1. The molecule has 1 aromatic carbocycles. The standard InChI is InChI=1S/C15H17BrFN3O/c1-15(2,10-18)20-7-5-19(6-8-20)14(21)11-3-4-13(17)12(16)9-11/h3-4,9H,5-8H2,1-2H3. The molecule has 4 nitrogen and oxygen atoms in total. The minimum Gasteiger partial charge on any atom is -0.336 e. The number of rotatable bonds is 2. The Hall–Kier alpha value is -1.45. The maximum atomic E-state index is 13.2. The number of nitriles is 1. The summed E-state index contributed by atoms with van der Waals surface area (Å²) in [4.78, 5) is 16.2. The highest BCUT2D eigenvalue weighted by molar-refractivity contribution is 9.10. The average molecular weight is 354 g/mol. The molecule has 1 aliphatic rings. The van der Waals surface area contributed by atoms with E-state index < -0.39 is 5.54 Å². The van der Waals surface area contributed by atoms with Crippen molar-refractivity contribution in [2.24, 2.45) is 0 Å². The Balaban J connectivity index is 2.04. The number of benzene rings is 1. The normalized spacial score (nSPS) is 16.6. The van der Waals surface area contributed by atoms with Crippen LogP contribution in [0.25, 0.3) is 0 Å². The number of piperazine rings is 1. The van der Waals surface area contributed by atoms with Crippen LogP contribution in [-0.4, -0.2) is 47.4 Å². The molecule has 2 rings (SSSR count). The Morgan fingerprint density at radius 2 is 1.95 bits per heavy atom. The molecule has 0 unspecified atom stereocenters. The van der Waals surface area contributed by atoms with Gasteiger partial charge in [0.1, 0.15) is 11.4 Å². The fourth-order valence-corrected chi connectivity index (χ4v) is 2.73. The van der Waals surface area contributed by atoms with Crippen molar-refractivity contribution in [3.63, 3.8) is 0 Å². The van der Waals surface area contributed by atoms with Crippen molar-refractivity contribution in [3.05, 3.63) is 34.1 Å². The van der Waals surface area contributed by atoms with Crippen LogP contribution in [0.5, 0.6) is 0 Å². The lowest BCUT2D eigenvalue weighted by molar-refractivity contribution is 0.0521. The summed E-state index contributed by atoms with van der Waals surface area (Å²) in [5.41, 5.74) is -0.0510. The van der Waals surface area contributed by atoms with E-state index >= 15 is 0 Å².